The first-order valence-electron chi connectivity index (χ1n) is 8.45. The Labute approximate surface area is 134 Å². The van der Waals surface area contributed by atoms with Crippen LogP contribution in [-0.4, -0.2) is 50.3 Å². The smallest absolute Gasteiger partial charge is 0.243 e. The van der Waals surface area contributed by atoms with Crippen molar-refractivity contribution in [3.63, 3.8) is 0 Å². The highest BCUT2D eigenvalue weighted by Crippen LogP contribution is 2.26. The molecule has 0 amide bonds. The van der Waals surface area contributed by atoms with Gasteiger partial charge in [-0.25, -0.2) is 8.42 Å². The van der Waals surface area contributed by atoms with Crippen LogP contribution < -0.4 is 0 Å². The van der Waals surface area contributed by atoms with Gasteiger partial charge in [0.2, 0.25) is 10.0 Å². The van der Waals surface area contributed by atoms with Gasteiger partial charge in [0.1, 0.15) is 0 Å². The molecule has 1 aromatic rings. The molecule has 4 nitrogen and oxygen atoms in total. The number of hydrogen-bond donors (Lipinski definition) is 0. The van der Waals surface area contributed by atoms with Crippen molar-refractivity contribution in [3.8, 4) is 0 Å². The van der Waals surface area contributed by atoms with Crippen molar-refractivity contribution in [2.45, 2.75) is 43.9 Å². The number of piperazine rings is 1. The zero-order chi connectivity index (χ0) is 15.6. The highest BCUT2D eigenvalue weighted by molar-refractivity contribution is 7.89. The summed E-state index contributed by atoms with van der Waals surface area (Å²) in [5, 5.41) is 0. The van der Waals surface area contributed by atoms with E-state index in [4.69, 9.17) is 0 Å². The van der Waals surface area contributed by atoms with Crippen LogP contribution in [0.4, 0.5) is 0 Å². The van der Waals surface area contributed by atoms with E-state index in [0.29, 0.717) is 18.0 Å². The Bertz CT molecular complexity index is 620. The molecule has 0 bridgehead atoms. The molecule has 0 aromatic heterocycles. The first-order chi connectivity index (χ1) is 10.6. The minimum absolute atomic E-state index is 0.483. The third-order valence-electron chi connectivity index (χ3n) is 4.83. The highest BCUT2D eigenvalue weighted by Gasteiger charge is 2.28. The first kappa shape index (κ1) is 16.0. The lowest BCUT2D eigenvalue weighted by Crippen LogP contribution is -2.48. The van der Waals surface area contributed by atoms with Crippen molar-refractivity contribution < 1.29 is 8.42 Å². The van der Waals surface area contributed by atoms with Crippen LogP contribution >= 0.6 is 0 Å². The Morgan fingerprint density at radius 1 is 1.00 bits per heavy atom. The molecule has 2 aliphatic rings. The summed E-state index contributed by atoms with van der Waals surface area (Å²) in [5.41, 5.74) is 2.56. The van der Waals surface area contributed by atoms with E-state index in [-0.39, 0.29) is 0 Å². The van der Waals surface area contributed by atoms with Gasteiger partial charge in [0.25, 0.3) is 0 Å². The van der Waals surface area contributed by atoms with Crippen LogP contribution in [0.3, 0.4) is 0 Å². The second-order valence-electron chi connectivity index (χ2n) is 6.38. The molecule has 0 unspecified atom stereocenters. The average molecular weight is 322 g/mol. The monoisotopic (exact) mass is 322 g/mol. The third-order valence-corrected chi connectivity index (χ3v) is 6.72. The van der Waals surface area contributed by atoms with Crippen LogP contribution in [0.15, 0.2) is 23.1 Å². The van der Waals surface area contributed by atoms with Gasteiger partial charge in [-0.2, -0.15) is 4.31 Å². The molecular weight excluding hydrogens is 296 g/mol. The van der Waals surface area contributed by atoms with Crippen LogP contribution in [0.1, 0.15) is 37.3 Å². The summed E-state index contributed by atoms with van der Waals surface area (Å²) in [6, 6.07) is 5.74. The van der Waals surface area contributed by atoms with Crippen molar-refractivity contribution in [2.24, 2.45) is 0 Å². The number of rotatable bonds is 4. The number of fused-ring (bicyclic) bond motifs is 1. The van der Waals surface area contributed by atoms with E-state index in [1.807, 2.05) is 12.1 Å². The standard InChI is InChI=1S/C17H26N2O2S/c1-2-9-18-10-12-19(13-11-18)22(20,21)17-8-7-15-5-3-4-6-16(15)14-17/h7-8,14H,2-6,9-13H2,1H3. The lowest BCUT2D eigenvalue weighted by atomic mass is 9.92. The van der Waals surface area contributed by atoms with E-state index in [1.165, 1.54) is 24.0 Å². The molecule has 5 heteroatoms. The molecule has 1 aliphatic carbocycles. The number of nitrogens with zero attached hydrogens (tertiary/aromatic N) is 2. The van der Waals surface area contributed by atoms with Gasteiger partial charge in [-0.3, -0.25) is 0 Å². The van der Waals surface area contributed by atoms with Crippen molar-refractivity contribution in [2.75, 3.05) is 32.7 Å². The van der Waals surface area contributed by atoms with Gasteiger partial charge < -0.3 is 4.90 Å². The molecule has 0 spiro atoms. The van der Waals surface area contributed by atoms with Crippen molar-refractivity contribution in [1.29, 1.82) is 0 Å². The minimum atomic E-state index is -3.33. The topological polar surface area (TPSA) is 40.6 Å². The van der Waals surface area contributed by atoms with Crippen LogP contribution in [0.25, 0.3) is 0 Å². The summed E-state index contributed by atoms with van der Waals surface area (Å²) >= 11 is 0. The molecule has 22 heavy (non-hydrogen) atoms. The zero-order valence-electron chi connectivity index (χ0n) is 13.4. The molecule has 0 radical (unpaired) electrons. The van der Waals surface area contributed by atoms with Crippen molar-refractivity contribution in [1.82, 2.24) is 9.21 Å². The van der Waals surface area contributed by atoms with E-state index in [1.54, 1.807) is 10.4 Å². The number of sulfonamides is 1. The van der Waals surface area contributed by atoms with Gasteiger partial charge in [0.05, 0.1) is 4.90 Å². The number of aryl methyl sites for hydroxylation is 2. The van der Waals surface area contributed by atoms with Crippen LogP contribution in [0, 0.1) is 0 Å². The van der Waals surface area contributed by atoms with Gasteiger partial charge >= 0.3 is 0 Å². The Morgan fingerprint density at radius 2 is 1.68 bits per heavy atom. The normalized spacial score (nSPS) is 20.8. The quantitative estimate of drug-likeness (QED) is 0.854. The SMILES string of the molecule is CCCN1CCN(S(=O)(=O)c2ccc3c(c2)CCCC3)CC1. The van der Waals surface area contributed by atoms with Crippen molar-refractivity contribution in [3.05, 3.63) is 29.3 Å². The number of benzene rings is 1. The lowest BCUT2D eigenvalue weighted by Gasteiger charge is -2.34. The number of hydrogen-bond acceptors (Lipinski definition) is 3. The van der Waals surface area contributed by atoms with Gasteiger partial charge in [-0.15, -0.1) is 0 Å². The summed E-state index contributed by atoms with van der Waals surface area (Å²) in [5.74, 6) is 0. The van der Waals surface area contributed by atoms with Gasteiger partial charge in [-0.05, 0) is 61.9 Å². The molecule has 0 atom stereocenters. The summed E-state index contributed by atoms with van der Waals surface area (Å²) in [4.78, 5) is 2.83. The Kier molecular flexibility index (Phi) is 4.85. The predicted molar refractivity (Wildman–Crippen MR) is 88.6 cm³/mol. The van der Waals surface area contributed by atoms with E-state index in [2.05, 4.69) is 11.8 Å². The maximum Gasteiger partial charge on any atom is 0.243 e. The maximum atomic E-state index is 12.8. The van der Waals surface area contributed by atoms with Gasteiger partial charge in [-0.1, -0.05) is 13.0 Å². The molecule has 1 fully saturated rings. The molecule has 1 saturated heterocycles. The summed E-state index contributed by atoms with van der Waals surface area (Å²) in [7, 11) is -3.33. The molecule has 0 N–H and O–H groups in total. The summed E-state index contributed by atoms with van der Waals surface area (Å²) < 4.78 is 27.3. The van der Waals surface area contributed by atoms with Crippen molar-refractivity contribution >= 4 is 10.0 Å². The Morgan fingerprint density at radius 3 is 2.36 bits per heavy atom. The van der Waals surface area contributed by atoms with Gasteiger partial charge in [0, 0.05) is 26.2 Å². The largest absolute Gasteiger partial charge is 0.301 e. The summed E-state index contributed by atoms with van der Waals surface area (Å²) in [6.45, 7) is 6.14. The summed E-state index contributed by atoms with van der Waals surface area (Å²) in [6.07, 6.45) is 5.62. The molecular formula is C17H26N2O2S. The average Bonchev–Trinajstić information content (AvgIpc) is 2.55. The fourth-order valence-corrected chi connectivity index (χ4v) is 5.00. The maximum absolute atomic E-state index is 12.8. The molecule has 1 heterocycles. The fourth-order valence-electron chi connectivity index (χ4n) is 3.53. The van der Waals surface area contributed by atoms with Crippen LogP contribution in [0.2, 0.25) is 0 Å². The minimum Gasteiger partial charge on any atom is -0.301 e. The molecule has 0 saturated carbocycles. The highest BCUT2D eigenvalue weighted by atomic mass is 32.2. The molecule has 122 valence electrons. The lowest BCUT2D eigenvalue weighted by molar-refractivity contribution is 0.188. The second-order valence-corrected chi connectivity index (χ2v) is 8.32. The molecule has 3 rings (SSSR count). The van der Waals surface area contributed by atoms with E-state index in [0.717, 1.165) is 38.9 Å². The van der Waals surface area contributed by atoms with Crippen LogP contribution in [-0.2, 0) is 22.9 Å². The first-order valence-corrected chi connectivity index (χ1v) is 9.89. The van der Waals surface area contributed by atoms with Gasteiger partial charge in [0.15, 0.2) is 0 Å². The zero-order valence-corrected chi connectivity index (χ0v) is 14.2. The Balaban J connectivity index is 1.76. The second kappa shape index (κ2) is 6.69. The van der Waals surface area contributed by atoms with E-state index < -0.39 is 10.0 Å². The molecule has 1 aromatic carbocycles. The van der Waals surface area contributed by atoms with E-state index >= 15 is 0 Å². The third kappa shape index (κ3) is 3.21. The van der Waals surface area contributed by atoms with E-state index in [9.17, 15) is 8.42 Å². The molecule has 1 aliphatic heterocycles. The fraction of sp³-hybridized carbons (Fsp3) is 0.647. The Hall–Kier alpha value is -0.910. The predicted octanol–water partition coefficient (Wildman–Crippen LogP) is 2.28. The van der Waals surface area contributed by atoms with Crippen LogP contribution in [0.5, 0.6) is 0 Å².